The monoisotopic (exact) mass is 589 g/mol. The maximum absolute atomic E-state index is 15.0. The molecule has 5 N–H and O–H groups in total. The molecule has 0 heterocycles. The molecular formula is C35H40FNO6. The molecule has 0 aliphatic heterocycles. The molecule has 6 rings (SSSR count). The zero-order chi connectivity index (χ0) is 30.7. The standard InChI is InChI=1S/C35H40FNO6/c1-34-12-11-23(39)15-21(34)6-9-24-26-16-30(32(29(41)18-38)35(26,2)17-28(40)31(24)34)43-33(42)25-14-20(5-10-27(25)36)13-19-3-7-22(37)8-4-19/h3-5,7-8,10-12,14-15,24,26,28,30-33,38,40,42H,6,9,13,16-18,37H2,1-2H3/t24-,26?,28-,30+,31?,32?,33-,34-,35-/m0/s1. The normalized spacial score (nSPS) is 35.5. The van der Waals surface area contributed by atoms with Crippen LogP contribution in [0.15, 0.2) is 66.3 Å². The van der Waals surface area contributed by atoms with Crippen LogP contribution >= 0.6 is 0 Å². The lowest BCUT2D eigenvalue weighted by atomic mass is 9.46. The molecule has 8 heteroatoms. The number of rotatable bonds is 7. The van der Waals surface area contributed by atoms with Crippen LogP contribution in [-0.4, -0.2) is 45.7 Å². The van der Waals surface area contributed by atoms with Crippen molar-refractivity contribution in [2.24, 2.45) is 34.5 Å². The van der Waals surface area contributed by atoms with Crippen LogP contribution in [0.25, 0.3) is 0 Å². The van der Waals surface area contributed by atoms with E-state index in [0.29, 0.717) is 31.4 Å². The fourth-order valence-electron chi connectivity index (χ4n) is 9.13. The average Bonchev–Trinajstić information content (AvgIpc) is 3.25. The van der Waals surface area contributed by atoms with E-state index in [1.54, 1.807) is 36.4 Å². The summed E-state index contributed by atoms with van der Waals surface area (Å²) in [6.45, 7) is 3.37. The van der Waals surface area contributed by atoms with E-state index in [2.05, 4.69) is 6.92 Å². The van der Waals surface area contributed by atoms with Crippen LogP contribution in [0.3, 0.4) is 0 Å². The molecule has 3 saturated carbocycles. The highest BCUT2D eigenvalue weighted by Gasteiger charge is 2.65. The van der Waals surface area contributed by atoms with Gasteiger partial charge in [-0.05, 0) is 96.9 Å². The third kappa shape index (κ3) is 5.08. The van der Waals surface area contributed by atoms with Crippen molar-refractivity contribution in [2.75, 3.05) is 12.3 Å². The molecule has 4 aliphatic rings. The maximum Gasteiger partial charge on any atom is 0.184 e. The SMILES string of the molecule is C[C@]12C[C@H](O)C3[C@@H](CCC4=CC(=O)C=C[C@@]43C)C1C[C@@H](O[C@H](O)c1cc(Cc3ccc(N)cc3)ccc1F)C2C(=O)CO. The van der Waals surface area contributed by atoms with Gasteiger partial charge < -0.3 is 25.8 Å². The molecule has 228 valence electrons. The van der Waals surface area contributed by atoms with E-state index < -0.39 is 53.5 Å². The Morgan fingerprint density at radius 2 is 1.88 bits per heavy atom. The van der Waals surface area contributed by atoms with Crippen molar-refractivity contribution >= 4 is 17.3 Å². The van der Waals surface area contributed by atoms with Crippen LogP contribution in [0.5, 0.6) is 0 Å². The number of hydrogen-bond acceptors (Lipinski definition) is 7. The Morgan fingerprint density at radius 3 is 2.60 bits per heavy atom. The Balaban J connectivity index is 1.28. The van der Waals surface area contributed by atoms with E-state index >= 15 is 4.39 Å². The van der Waals surface area contributed by atoms with Crippen molar-refractivity contribution in [2.45, 2.75) is 64.4 Å². The van der Waals surface area contributed by atoms with Gasteiger partial charge in [0.05, 0.1) is 18.1 Å². The molecule has 4 aliphatic carbocycles. The summed E-state index contributed by atoms with van der Waals surface area (Å²) in [4.78, 5) is 25.4. The number of nitrogens with two attached hydrogens (primary N) is 1. The zero-order valence-electron chi connectivity index (χ0n) is 24.6. The van der Waals surface area contributed by atoms with Crippen molar-refractivity contribution in [3.05, 3.63) is 88.8 Å². The molecule has 0 amide bonds. The number of ketones is 2. The maximum atomic E-state index is 15.0. The smallest absolute Gasteiger partial charge is 0.184 e. The number of allylic oxidation sites excluding steroid dienone is 4. The number of ether oxygens (including phenoxy) is 1. The number of aliphatic hydroxyl groups excluding tert-OH is 3. The highest BCUT2D eigenvalue weighted by Crippen LogP contribution is 2.66. The molecule has 2 aromatic rings. The Morgan fingerprint density at radius 1 is 1.16 bits per heavy atom. The summed E-state index contributed by atoms with van der Waals surface area (Å²) in [6, 6.07) is 11.9. The third-order valence-electron chi connectivity index (χ3n) is 11.0. The summed E-state index contributed by atoms with van der Waals surface area (Å²) < 4.78 is 21.2. The number of hydrogen-bond donors (Lipinski definition) is 4. The lowest BCUT2D eigenvalue weighted by Crippen LogP contribution is -2.56. The van der Waals surface area contributed by atoms with Gasteiger partial charge in [0, 0.05) is 22.6 Å². The predicted octanol–water partition coefficient (Wildman–Crippen LogP) is 4.44. The van der Waals surface area contributed by atoms with Crippen molar-refractivity contribution in [1.29, 1.82) is 0 Å². The second-order valence-corrected chi connectivity index (χ2v) is 13.4. The fourth-order valence-corrected chi connectivity index (χ4v) is 9.13. The van der Waals surface area contributed by atoms with Crippen molar-refractivity contribution in [1.82, 2.24) is 0 Å². The van der Waals surface area contributed by atoms with Crippen LogP contribution in [0.2, 0.25) is 0 Å². The molecule has 3 fully saturated rings. The van der Waals surface area contributed by atoms with Gasteiger partial charge in [0.2, 0.25) is 0 Å². The van der Waals surface area contributed by atoms with E-state index in [1.807, 2.05) is 25.1 Å². The van der Waals surface area contributed by atoms with Gasteiger partial charge in [-0.3, -0.25) is 9.59 Å². The predicted molar refractivity (Wildman–Crippen MR) is 159 cm³/mol. The lowest BCUT2D eigenvalue weighted by molar-refractivity contribution is -0.168. The number of Topliss-reactive ketones (excluding diaryl/α,β-unsaturated/α-hetero) is 1. The van der Waals surface area contributed by atoms with Crippen LogP contribution in [0, 0.1) is 40.3 Å². The van der Waals surface area contributed by atoms with Crippen molar-refractivity contribution in [3.8, 4) is 0 Å². The summed E-state index contributed by atoms with van der Waals surface area (Å²) in [5.74, 6) is -1.99. The van der Waals surface area contributed by atoms with Crippen LogP contribution in [0.1, 0.15) is 62.5 Å². The number of benzene rings is 2. The van der Waals surface area contributed by atoms with Crippen LogP contribution in [-0.2, 0) is 20.7 Å². The van der Waals surface area contributed by atoms with Crippen molar-refractivity contribution in [3.63, 3.8) is 0 Å². The van der Waals surface area contributed by atoms with E-state index in [1.165, 1.54) is 6.07 Å². The summed E-state index contributed by atoms with van der Waals surface area (Å²) in [7, 11) is 0. The Labute approximate surface area is 251 Å². The summed E-state index contributed by atoms with van der Waals surface area (Å²) in [5.41, 5.74) is 8.05. The van der Waals surface area contributed by atoms with Crippen molar-refractivity contribution < 1.29 is 34.0 Å². The molecule has 43 heavy (non-hydrogen) atoms. The van der Waals surface area contributed by atoms with Gasteiger partial charge in [-0.2, -0.15) is 0 Å². The number of aliphatic hydroxyl groups is 3. The van der Waals surface area contributed by atoms with Crippen LogP contribution < -0.4 is 5.73 Å². The summed E-state index contributed by atoms with van der Waals surface area (Å²) in [5, 5.41) is 32.9. The molecule has 0 aromatic heterocycles. The van der Waals surface area contributed by atoms with Gasteiger partial charge in [-0.25, -0.2) is 4.39 Å². The van der Waals surface area contributed by atoms with E-state index in [4.69, 9.17) is 10.5 Å². The number of carbonyl (C=O) groups is 2. The fraction of sp³-hybridized carbons (Fsp3) is 0.486. The van der Waals surface area contributed by atoms with Gasteiger partial charge in [0.1, 0.15) is 12.4 Å². The van der Waals surface area contributed by atoms with Crippen LogP contribution in [0.4, 0.5) is 10.1 Å². The van der Waals surface area contributed by atoms with E-state index in [9.17, 15) is 24.9 Å². The van der Waals surface area contributed by atoms with E-state index in [-0.39, 0.29) is 29.1 Å². The van der Waals surface area contributed by atoms with Gasteiger partial charge in [0.15, 0.2) is 17.9 Å². The number of anilines is 1. The highest BCUT2D eigenvalue weighted by atomic mass is 19.1. The minimum atomic E-state index is -1.62. The molecule has 9 atom stereocenters. The van der Waals surface area contributed by atoms with Gasteiger partial charge in [0.25, 0.3) is 0 Å². The van der Waals surface area contributed by atoms with Gasteiger partial charge >= 0.3 is 0 Å². The van der Waals surface area contributed by atoms with Gasteiger partial charge in [-0.15, -0.1) is 0 Å². The average molecular weight is 590 g/mol. The first-order valence-corrected chi connectivity index (χ1v) is 15.2. The second kappa shape index (κ2) is 11.1. The molecule has 0 saturated heterocycles. The second-order valence-electron chi connectivity index (χ2n) is 13.4. The topological polar surface area (TPSA) is 130 Å². The first-order chi connectivity index (χ1) is 20.4. The first-order valence-electron chi connectivity index (χ1n) is 15.2. The Hall–Kier alpha value is -3.17. The number of halogens is 1. The summed E-state index contributed by atoms with van der Waals surface area (Å²) in [6.07, 6.45) is 4.79. The molecule has 3 unspecified atom stereocenters. The zero-order valence-corrected chi connectivity index (χ0v) is 24.6. The first kappa shape index (κ1) is 29.9. The summed E-state index contributed by atoms with van der Waals surface area (Å²) >= 11 is 0. The minimum Gasteiger partial charge on any atom is -0.399 e. The minimum absolute atomic E-state index is 0.0157. The molecule has 7 nitrogen and oxygen atoms in total. The largest absolute Gasteiger partial charge is 0.399 e. The number of carbonyl (C=O) groups excluding carboxylic acids is 2. The van der Waals surface area contributed by atoms with E-state index in [0.717, 1.165) is 23.1 Å². The molecule has 0 radical (unpaired) electrons. The third-order valence-corrected chi connectivity index (χ3v) is 11.0. The molecular weight excluding hydrogens is 549 g/mol. The Bertz CT molecular complexity index is 1490. The number of fused-ring (bicyclic) bond motifs is 5. The molecule has 0 bridgehead atoms. The highest BCUT2D eigenvalue weighted by molar-refractivity contribution is 6.01. The molecule has 2 aromatic carbocycles. The quantitative estimate of drug-likeness (QED) is 0.278. The lowest BCUT2D eigenvalue weighted by Gasteiger charge is -2.58. The van der Waals surface area contributed by atoms with Gasteiger partial charge in [-0.1, -0.05) is 43.7 Å². The molecule has 0 spiro atoms. The number of nitrogen functional groups attached to an aromatic ring is 1. The Kier molecular flexibility index (Phi) is 7.70.